The minimum Gasteiger partial charge on any atom is -0.492 e. The number of likely N-dealkylation sites (N-methyl/N-ethyl adjacent to an activating group) is 1. The van der Waals surface area contributed by atoms with E-state index in [1.807, 2.05) is 60.8 Å². The highest BCUT2D eigenvalue weighted by atomic mass is 16.5. The second-order valence-electron chi connectivity index (χ2n) is 5.11. The van der Waals surface area contributed by atoms with Crippen LogP contribution in [0.1, 0.15) is 12.7 Å². The summed E-state index contributed by atoms with van der Waals surface area (Å²) in [6.07, 6.45) is 1.68. The Morgan fingerprint density at radius 1 is 1.35 bits per heavy atom. The van der Waals surface area contributed by atoms with Crippen molar-refractivity contribution in [1.29, 1.82) is 0 Å². The molecule has 0 atom stereocenters. The molecule has 7 heteroatoms. The van der Waals surface area contributed by atoms with Crippen LogP contribution in [0.15, 0.2) is 41.7 Å². The van der Waals surface area contributed by atoms with Gasteiger partial charge in [-0.15, -0.1) is 10.2 Å². The molecule has 0 aliphatic rings. The Hall–Kier alpha value is -2.57. The van der Waals surface area contributed by atoms with E-state index in [-0.39, 0.29) is 0 Å². The van der Waals surface area contributed by atoms with Gasteiger partial charge in [0.15, 0.2) is 11.8 Å². The molecular weight excluding hydrogens is 292 g/mol. The molecule has 2 rings (SSSR count). The minimum absolute atomic E-state index is 0.489. The Morgan fingerprint density at radius 3 is 2.78 bits per heavy atom. The number of hydrogen-bond donors (Lipinski definition) is 1. The second kappa shape index (κ2) is 8.77. The lowest BCUT2D eigenvalue weighted by Crippen LogP contribution is -2.40. The Kier molecular flexibility index (Phi) is 6.40. The highest BCUT2D eigenvalue weighted by molar-refractivity contribution is 5.79. The lowest BCUT2D eigenvalue weighted by Gasteiger charge is -2.22. The van der Waals surface area contributed by atoms with E-state index in [4.69, 9.17) is 4.74 Å². The number of aromatic nitrogens is 3. The summed E-state index contributed by atoms with van der Waals surface area (Å²) in [5.74, 6) is 2.53. The first kappa shape index (κ1) is 16.8. The van der Waals surface area contributed by atoms with Crippen LogP contribution < -0.4 is 10.1 Å². The number of ether oxygens (including phenoxy) is 1. The Morgan fingerprint density at radius 2 is 2.13 bits per heavy atom. The van der Waals surface area contributed by atoms with Crippen molar-refractivity contribution in [3.8, 4) is 5.75 Å². The van der Waals surface area contributed by atoms with Crippen molar-refractivity contribution in [2.45, 2.75) is 13.5 Å². The van der Waals surface area contributed by atoms with E-state index < -0.39 is 0 Å². The number of aryl methyl sites for hydroxylation is 1. The van der Waals surface area contributed by atoms with Crippen LogP contribution in [0.3, 0.4) is 0 Å². The maximum Gasteiger partial charge on any atom is 0.194 e. The second-order valence-corrected chi connectivity index (χ2v) is 5.11. The van der Waals surface area contributed by atoms with Crippen LogP contribution in [0.25, 0.3) is 0 Å². The van der Waals surface area contributed by atoms with E-state index in [0.29, 0.717) is 13.2 Å². The predicted octanol–water partition coefficient (Wildman–Crippen LogP) is 1.29. The summed E-state index contributed by atoms with van der Waals surface area (Å²) in [5.41, 5.74) is 0. The summed E-state index contributed by atoms with van der Waals surface area (Å²) in [5, 5.41) is 11.2. The smallest absolute Gasteiger partial charge is 0.194 e. The fourth-order valence-electron chi connectivity index (χ4n) is 1.99. The fourth-order valence-corrected chi connectivity index (χ4v) is 1.99. The first-order chi connectivity index (χ1) is 11.2. The lowest BCUT2D eigenvalue weighted by atomic mass is 10.3. The van der Waals surface area contributed by atoms with Gasteiger partial charge in [-0.2, -0.15) is 0 Å². The van der Waals surface area contributed by atoms with Crippen molar-refractivity contribution < 1.29 is 4.74 Å². The zero-order valence-electron chi connectivity index (χ0n) is 13.9. The van der Waals surface area contributed by atoms with Crippen LogP contribution in [-0.4, -0.2) is 52.4 Å². The molecule has 2 aromatic rings. The average Bonchev–Trinajstić information content (AvgIpc) is 2.97. The van der Waals surface area contributed by atoms with Crippen molar-refractivity contribution in [1.82, 2.24) is 25.0 Å². The van der Waals surface area contributed by atoms with Crippen LogP contribution in [-0.2, 0) is 13.6 Å². The molecule has 0 bridgehead atoms. The monoisotopic (exact) mass is 316 g/mol. The normalized spacial score (nSPS) is 11.3. The molecular formula is C16H24N6O. The molecule has 0 spiro atoms. The zero-order valence-corrected chi connectivity index (χ0v) is 13.9. The third-order valence-electron chi connectivity index (χ3n) is 3.31. The third kappa shape index (κ3) is 5.28. The summed E-state index contributed by atoms with van der Waals surface area (Å²) in [4.78, 5) is 6.64. The molecule has 124 valence electrons. The maximum absolute atomic E-state index is 5.72. The number of benzene rings is 1. The van der Waals surface area contributed by atoms with Crippen molar-refractivity contribution in [2.24, 2.45) is 12.0 Å². The first-order valence-corrected chi connectivity index (χ1v) is 7.71. The van der Waals surface area contributed by atoms with E-state index in [9.17, 15) is 0 Å². The van der Waals surface area contributed by atoms with Crippen molar-refractivity contribution in [3.05, 3.63) is 42.5 Å². The van der Waals surface area contributed by atoms with Crippen molar-refractivity contribution in [2.75, 3.05) is 26.7 Å². The molecule has 0 aliphatic heterocycles. The molecule has 1 N–H and O–H groups in total. The maximum atomic E-state index is 5.72. The Balaban J connectivity index is 1.87. The van der Waals surface area contributed by atoms with Crippen LogP contribution in [0, 0.1) is 0 Å². The summed E-state index contributed by atoms with van der Waals surface area (Å²) in [7, 11) is 3.90. The molecule has 1 aromatic carbocycles. The van der Waals surface area contributed by atoms with E-state index in [0.717, 1.165) is 30.6 Å². The fraction of sp³-hybridized carbons (Fsp3) is 0.438. The molecule has 23 heavy (non-hydrogen) atoms. The lowest BCUT2D eigenvalue weighted by molar-refractivity contribution is 0.281. The van der Waals surface area contributed by atoms with Gasteiger partial charge in [0.2, 0.25) is 0 Å². The SMILES string of the molecule is CCNC(=NCc1nncn1C)N(C)CCOc1ccccc1. The first-order valence-electron chi connectivity index (χ1n) is 7.71. The van der Waals surface area contributed by atoms with Gasteiger partial charge < -0.3 is 19.5 Å². The molecule has 0 saturated carbocycles. The third-order valence-corrected chi connectivity index (χ3v) is 3.31. The Labute approximate surface area is 137 Å². The number of hydrogen-bond acceptors (Lipinski definition) is 4. The highest BCUT2D eigenvalue weighted by Gasteiger charge is 2.07. The number of rotatable bonds is 7. The quantitative estimate of drug-likeness (QED) is 0.616. The van der Waals surface area contributed by atoms with Gasteiger partial charge in [-0.25, -0.2) is 4.99 Å². The van der Waals surface area contributed by atoms with Gasteiger partial charge in [-0.1, -0.05) is 18.2 Å². The summed E-state index contributed by atoms with van der Waals surface area (Å²) < 4.78 is 7.59. The molecule has 1 heterocycles. The summed E-state index contributed by atoms with van der Waals surface area (Å²) >= 11 is 0. The van der Waals surface area contributed by atoms with E-state index in [1.54, 1.807) is 6.33 Å². The van der Waals surface area contributed by atoms with Gasteiger partial charge in [0.05, 0.1) is 6.54 Å². The van der Waals surface area contributed by atoms with Crippen molar-refractivity contribution >= 4 is 5.96 Å². The predicted molar refractivity (Wildman–Crippen MR) is 90.4 cm³/mol. The topological polar surface area (TPSA) is 67.6 Å². The number of guanidine groups is 1. The zero-order chi connectivity index (χ0) is 16.5. The summed E-state index contributed by atoms with van der Waals surface area (Å²) in [6.45, 7) is 4.67. The number of nitrogens with zero attached hydrogens (tertiary/aromatic N) is 5. The highest BCUT2D eigenvalue weighted by Crippen LogP contribution is 2.07. The number of nitrogens with one attached hydrogen (secondary N) is 1. The molecule has 1 aromatic heterocycles. The van der Waals surface area contributed by atoms with Crippen molar-refractivity contribution in [3.63, 3.8) is 0 Å². The molecule has 0 fully saturated rings. The van der Waals surface area contributed by atoms with Gasteiger partial charge in [0.25, 0.3) is 0 Å². The summed E-state index contributed by atoms with van der Waals surface area (Å²) in [6, 6.07) is 9.80. The molecule has 0 saturated heterocycles. The van der Waals surface area contributed by atoms with Crippen LogP contribution in [0.2, 0.25) is 0 Å². The number of aliphatic imine (C=N–C) groups is 1. The van der Waals surface area contributed by atoms with E-state index in [1.165, 1.54) is 0 Å². The molecule has 7 nitrogen and oxygen atoms in total. The van der Waals surface area contributed by atoms with Gasteiger partial charge in [-0.3, -0.25) is 0 Å². The molecule has 0 aliphatic carbocycles. The van der Waals surface area contributed by atoms with Gasteiger partial charge in [0, 0.05) is 20.6 Å². The van der Waals surface area contributed by atoms with Crippen LogP contribution >= 0.6 is 0 Å². The van der Waals surface area contributed by atoms with Gasteiger partial charge >= 0.3 is 0 Å². The molecule has 0 unspecified atom stereocenters. The Bertz CT molecular complexity index is 610. The largest absolute Gasteiger partial charge is 0.492 e. The van der Waals surface area contributed by atoms with Gasteiger partial charge in [-0.05, 0) is 19.1 Å². The average molecular weight is 316 g/mol. The number of para-hydroxylation sites is 1. The van der Waals surface area contributed by atoms with Gasteiger partial charge in [0.1, 0.15) is 25.2 Å². The molecule has 0 radical (unpaired) electrons. The molecule has 0 amide bonds. The minimum atomic E-state index is 0.489. The van der Waals surface area contributed by atoms with Crippen LogP contribution in [0.4, 0.5) is 0 Å². The van der Waals surface area contributed by atoms with E-state index in [2.05, 4.69) is 20.5 Å². The standard InChI is InChI=1S/C16H24N6O/c1-4-17-16(18-12-15-20-19-13-22(15)3)21(2)10-11-23-14-8-6-5-7-9-14/h5-9,13H,4,10-12H2,1-3H3,(H,17,18). The van der Waals surface area contributed by atoms with Crippen LogP contribution in [0.5, 0.6) is 5.75 Å². The van der Waals surface area contributed by atoms with E-state index >= 15 is 0 Å².